The minimum atomic E-state index is -0.682. The van der Waals surface area contributed by atoms with E-state index >= 15 is 0 Å². The maximum Gasteiger partial charge on any atom is 0.137 e. The SMILES string of the molecule is C[C@@H](O)c1ccc(Sc2ncnc3ccccc23)c(F)c1. The van der Waals surface area contributed by atoms with Crippen LogP contribution in [0.4, 0.5) is 4.39 Å². The lowest BCUT2D eigenvalue weighted by Gasteiger charge is -2.08. The zero-order chi connectivity index (χ0) is 14.8. The Morgan fingerprint density at radius 2 is 1.95 bits per heavy atom. The van der Waals surface area contributed by atoms with Gasteiger partial charge in [0.05, 0.1) is 11.6 Å². The van der Waals surface area contributed by atoms with Gasteiger partial charge in [-0.2, -0.15) is 0 Å². The number of halogens is 1. The summed E-state index contributed by atoms with van der Waals surface area (Å²) in [5.74, 6) is -0.360. The second-order valence-electron chi connectivity index (χ2n) is 4.66. The van der Waals surface area contributed by atoms with Crippen molar-refractivity contribution in [3.63, 3.8) is 0 Å². The minimum absolute atomic E-state index is 0.360. The second-order valence-corrected chi connectivity index (χ2v) is 5.69. The molecule has 0 amide bonds. The first-order chi connectivity index (χ1) is 10.1. The largest absolute Gasteiger partial charge is 0.389 e. The molecule has 2 aromatic carbocycles. The van der Waals surface area contributed by atoms with Crippen LogP contribution in [-0.2, 0) is 0 Å². The van der Waals surface area contributed by atoms with E-state index in [2.05, 4.69) is 9.97 Å². The van der Waals surface area contributed by atoms with E-state index in [0.29, 0.717) is 15.5 Å². The Bertz CT molecular complexity index is 787. The van der Waals surface area contributed by atoms with Gasteiger partial charge in [0, 0.05) is 10.3 Å². The van der Waals surface area contributed by atoms with Crippen molar-refractivity contribution in [1.82, 2.24) is 9.97 Å². The molecule has 3 nitrogen and oxygen atoms in total. The Morgan fingerprint density at radius 3 is 2.71 bits per heavy atom. The summed E-state index contributed by atoms with van der Waals surface area (Å²) < 4.78 is 14.1. The summed E-state index contributed by atoms with van der Waals surface area (Å²) in [7, 11) is 0. The van der Waals surface area contributed by atoms with Crippen molar-refractivity contribution in [2.75, 3.05) is 0 Å². The quantitative estimate of drug-likeness (QED) is 0.743. The van der Waals surface area contributed by atoms with E-state index in [0.717, 1.165) is 10.9 Å². The Morgan fingerprint density at radius 1 is 1.14 bits per heavy atom. The number of aliphatic hydroxyl groups is 1. The van der Waals surface area contributed by atoms with Gasteiger partial charge in [-0.1, -0.05) is 36.0 Å². The van der Waals surface area contributed by atoms with E-state index in [-0.39, 0.29) is 5.82 Å². The summed E-state index contributed by atoms with van der Waals surface area (Å²) in [5, 5.41) is 11.1. The number of hydrogen-bond acceptors (Lipinski definition) is 4. The van der Waals surface area contributed by atoms with Crippen LogP contribution in [0, 0.1) is 5.82 Å². The van der Waals surface area contributed by atoms with Gasteiger partial charge in [0.15, 0.2) is 0 Å². The van der Waals surface area contributed by atoms with Gasteiger partial charge in [-0.05, 0) is 30.7 Å². The number of aromatic nitrogens is 2. The lowest BCUT2D eigenvalue weighted by atomic mass is 10.1. The first-order valence-corrected chi connectivity index (χ1v) is 7.32. The molecule has 106 valence electrons. The van der Waals surface area contributed by atoms with E-state index in [1.54, 1.807) is 19.1 Å². The van der Waals surface area contributed by atoms with Crippen molar-refractivity contribution in [3.05, 3.63) is 60.2 Å². The Hall–Kier alpha value is -1.98. The molecule has 0 bridgehead atoms. The average molecular weight is 300 g/mol. The number of rotatable bonds is 3. The summed E-state index contributed by atoms with van der Waals surface area (Å²) in [6, 6.07) is 12.4. The van der Waals surface area contributed by atoms with Crippen LogP contribution in [0.3, 0.4) is 0 Å². The van der Waals surface area contributed by atoms with Crippen LogP contribution in [-0.4, -0.2) is 15.1 Å². The molecule has 0 saturated carbocycles. The molecule has 5 heteroatoms. The molecule has 0 radical (unpaired) electrons. The van der Waals surface area contributed by atoms with Gasteiger partial charge in [0.25, 0.3) is 0 Å². The van der Waals surface area contributed by atoms with Crippen molar-refractivity contribution in [3.8, 4) is 0 Å². The topological polar surface area (TPSA) is 46.0 Å². The molecule has 0 spiro atoms. The van der Waals surface area contributed by atoms with E-state index < -0.39 is 6.10 Å². The zero-order valence-electron chi connectivity index (χ0n) is 11.3. The van der Waals surface area contributed by atoms with Gasteiger partial charge in [0.1, 0.15) is 17.2 Å². The predicted molar refractivity (Wildman–Crippen MR) is 80.7 cm³/mol. The molecule has 1 heterocycles. The third-order valence-electron chi connectivity index (χ3n) is 3.15. The summed E-state index contributed by atoms with van der Waals surface area (Å²) in [6.45, 7) is 1.61. The Labute approximate surface area is 125 Å². The molecule has 3 rings (SSSR count). The van der Waals surface area contributed by atoms with E-state index in [1.165, 1.54) is 24.2 Å². The van der Waals surface area contributed by atoms with Gasteiger partial charge in [0.2, 0.25) is 0 Å². The van der Waals surface area contributed by atoms with Crippen LogP contribution in [0.2, 0.25) is 0 Å². The van der Waals surface area contributed by atoms with Crippen LogP contribution in [0.5, 0.6) is 0 Å². The van der Waals surface area contributed by atoms with Crippen molar-refractivity contribution < 1.29 is 9.50 Å². The number of nitrogens with zero attached hydrogens (tertiary/aromatic N) is 2. The Kier molecular flexibility index (Phi) is 3.86. The first kappa shape index (κ1) is 14.0. The fraction of sp³-hybridized carbons (Fsp3) is 0.125. The first-order valence-electron chi connectivity index (χ1n) is 6.50. The monoisotopic (exact) mass is 300 g/mol. The molecule has 0 aliphatic rings. The maximum atomic E-state index is 14.1. The van der Waals surface area contributed by atoms with Gasteiger partial charge < -0.3 is 5.11 Å². The minimum Gasteiger partial charge on any atom is -0.389 e. The molecule has 1 atom stereocenters. The van der Waals surface area contributed by atoms with E-state index in [9.17, 15) is 9.50 Å². The van der Waals surface area contributed by atoms with Crippen molar-refractivity contribution in [2.45, 2.75) is 22.9 Å². The molecule has 1 aromatic heterocycles. The van der Waals surface area contributed by atoms with Gasteiger partial charge in [-0.25, -0.2) is 14.4 Å². The molecule has 0 fully saturated rings. The molecule has 0 aliphatic carbocycles. The molecular weight excluding hydrogens is 287 g/mol. The molecule has 0 saturated heterocycles. The fourth-order valence-corrected chi connectivity index (χ4v) is 2.91. The lowest BCUT2D eigenvalue weighted by Crippen LogP contribution is -1.93. The molecule has 0 aliphatic heterocycles. The summed E-state index contributed by atoms with van der Waals surface area (Å²) in [6.07, 6.45) is 0.797. The average Bonchev–Trinajstić information content (AvgIpc) is 2.49. The molecular formula is C16H13FN2OS. The van der Waals surface area contributed by atoms with Crippen LogP contribution in [0.1, 0.15) is 18.6 Å². The number of hydrogen-bond donors (Lipinski definition) is 1. The predicted octanol–water partition coefficient (Wildman–Crippen LogP) is 3.97. The van der Waals surface area contributed by atoms with Crippen LogP contribution >= 0.6 is 11.8 Å². The maximum absolute atomic E-state index is 14.1. The van der Waals surface area contributed by atoms with Crippen LogP contribution < -0.4 is 0 Å². The third kappa shape index (κ3) is 2.89. The third-order valence-corrected chi connectivity index (χ3v) is 4.22. The number of benzene rings is 2. The van der Waals surface area contributed by atoms with Gasteiger partial charge in [-0.15, -0.1) is 0 Å². The molecule has 3 aromatic rings. The summed E-state index contributed by atoms with van der Waals surface area (Å²) in [5.41, 5.74) is 1.39. The normalized spacial score (nSPS) is 12.5. The van der Waals surface area contributed by atoms with Crippen LogP contribution in [0.15, 0.2) is 58.7 Å². The molecule has 0 unspecified atom stereocenters. The fourth-order valence-electron chi connectivity index (χ4n) is 2.03. The van der Waals surface area contributed by atoms with Gasteiger partial charge in [-0.3, -0.25) is 0 Å². The molecule has 21 heavy (non-hydrogen) atoms. The van der Waals surface area contributed by atoms with Crippen molar-refractivity contribution in [2.24, 2.45) is 0 Å². The summed E-state index contributed by atoms with van der Waals surface area (Å²) in [4.78, 5) is 8.90. The lowest BCUT2D eigenvalue weighted by molar-refractivity contribution is 0.198. The second kappa shape index (κ2) is 5.79. The summed E-state index contributed by atoms with van der Waals surface area (Å²) >= 11 is 1.26. The van der Waals surface area contributed by atoms with Crippen molar-refractivity contribution in [1.29, 1.82) is 0 Å². The number of para-hydroxylation sites is 1. The number of fused-ring (bicyclic) bond motifs is 1. The smallest absolute Gasteiger partial charge is 0.137 e. The van der Waals surface area contributed by atoms with Gasteiger partial charge >= 0.3 is 0 Å². The standard InChI is InChI=1S/C16H13FN2OS/c1-10(20)11-6-7-15(13(17)8-11)21-16-12-4-2-3-5-14(12)18-9-19-16/h2-10,20H,1H3/t10-/m1/s1. The van der Waals surface area contributed by atoms with E-state index in [1.807, 2.05) is 24.3 Å². The van der Waals surface area contributed by atoms with Crippen LogP contribution in [0.25, 0.3) is 10.9 Å². The highest BCUT2D eigenvalue weighted by Crippen LogP contribution is 2.33. The highest BCUT2D eigenvalue weighted by molar-refractivity contribution is 7.99. The van der Waals surface area contributed by atoms with Crippen molar-refractivity contribution >= 4 is 22.7 Å². The van der Waals surface area contributed by atoms with E-state index in [4.69, 9.17) is 0 Å². The number of aliphatic hydroxyl groups excluding tert-OH is 1. The highest BCUT2D eigenvalue weighted by Gasteiger charge is 2.11. The Balaban J connectivity index is 1.99. The molecule has 1 N–H and O–H groups in total. The highest BCUT2D eigenvalue weighted by atomic mass is 32.2. The zero-order valence-corrected chi connectivity index (χ0v) is 12.1.